The van der Waals surface area contributed by atoms with Gasteiger partial charge >= 0.3 is 5.97 Å². The first-order valence-corrected chi connectivity index (χ1v) is 4.39. The van der Waals surface area contributed by atoms with Crippen molar-refractivity contribution in [3.05, 3.63) is 12.2 Å². The highest BCUT2D eigenvalue weighted by atomic mass is 16.4. The third-order valence-corrected chi connectivity index (χ3v) is 2.24. The summed E-state index contributed by atoms with van der Waals surface area (Å²) >= 11 is 0. The van der Waals surface area contributed by atoms with Gasteiger partial charge in [0.25, 0.3) is 0 Å². The second-order valence-corrected chi connectivity index (χ2v) is 3.06. The largest absolute Gasteiger partial charge is 0.478 e. The van der Waals surface area contributed by atoms with Crippen molar-refractivity contribution in [3.8, 4) is 0 Å². The van der Waals surface area contributed by atoms with Crippen LogP contribution in [-0.4, -0.2) is 35.1 Å². The molecule has 1 N–H and O–H groups in total. The molecule has 0 amide bonds. The number of hydrogen-bond donors (Lipinski definition) is 1. The summed E-state index contributed by atoms with van der Waals surface area (Å²) in [7, 11) is 0. The Morgan fingerprint density at radius 3 is 2.67 bits per heavy atom. The van der Waals surface area contributed by atoms with Crippen molar-refractivity contribution < 1.29 is 9.90 Å². The van der Waals surface area contributed by atoms with Crippen molar-refractivity contribution in [1.29, 1.82) is 0 Å². The Kier molecular flexibility index (Phi) is 3.29. The molecule has 1 fully saturated rings. The van der Waals surface area contributed by atoms with Crippen LogP contribution in [-0.2, 0) is 4.79 Å². The first kappa shape index (κ1) is 9.26. The fourth-order valence-electron chi connectivity index (χ4n) is 1.38. The van der Waals surface area contributed by atoms with Gasteiger partial charge in [0.15, 0.2) is 0 Å². The normalized spacial score (nSPS) is 20.8. The predicted molar refractivity (Wildman–Crippen MR) is 47.0 cm³/mol. The molecule has 1 saturated heterocycles. The van der Waals surface area contributed by atoms with E-state index < -0.39 is 5.97 Å². The van der Waals surface area contributed by atoms with Crippen LogP contribution in [0.5, 0.6) is 0 Å². The Hall–Kier alpha value is -0.830. The predicted octanol–water partition coefficient (Wildman–Crippen LogP) is 1.11. The maximum atomic E-state index is 10.2. The summed E-state index contributed by atoms with van der Waals surface area (Å²) in [5.74, 6) is -0.853. The average Bonchev–Trinajstić information content (AvgIpc) is 1.93. The second kappa shape index (κ2) is 4.26. The first-order chi connectivity index (χ1) is 5.74. The number of carbonyl (C=O) groups is 1. The molecule has 3 nitrogen and oxygen atoms in total. The molecule has 1 heterocycles. The zero-order chi connectivity index (χ0) is 8.97. The lowest BCUT2D eigenvalue weighted by Gasteiger charge is -2.36. The van der Waals surface area contributed by atoms with Gasteiger partial charge in [-0.2, -0.15) is 0 Å². The maximum Gasteiger partial charge on any atom is 0.328 e. The second-order valence-electron chi connectivity index (χ2n) is 3.06. The lowest BCUT2D eigenvalue weighted by Crippen LogP contribution is -2.43. The summed E-state index contributed by atoms with van der Waals surface area (Å²) in [5.41, 5.74) is 0. The van der Waals surface area contributed by atoms with Gasteiger partial charge in [0.05, 0.1) is 0 Å². The molecular weight excluding hydrogens is 154 g/mol. The van der Waals surface area contributed by atoms with Gasteiger partial charge in [-0.25, -0.2) is 4.79 Å². The van der Waals surface area contributed by atoms with E-state index in [1.54, 1.807) is 6.08 Å². The summed E-state index contributed by atoms with van der Waals surface area (Å²) in [6.07, 6.45) is 5.26. The van der Waals surface area contributed by atoms with E-state index >= 15 is 0 Å². The van der Waals surface area contributed by atoms with Crippen LogP contribution < -0.4 is 0 Å². The molecule has 0 spiro atoms. The van der Waals surface area contributed by atoms with Gasteiger partial charge in [0.2, 0.25) is 0 Å². The SMILES string of the molecule is CCC(/C=C/C(=O)O)N1CCC1. The van der Waals surface area contributed by atoms with Gasteiger partial charge in [-0.15, -0.1) is 0 Å². The van der Waals surface area contributed by atoms with Gasteiger partial charge < -0.3 is 5.11 Å². The van der Waals surface area contributed by atoms with Crippen molar-refractivity contribution >= 4 is 5.97 Å². The molecule has 0 bridgehead atoms. The smallest absolute Gasteiger partial charge is 0.328 e. The van der Waals surface area contributed by atoms with E-state index in [-0.39, 0.29) is 0 Å². The Morgan fingerprint density at radius 2 is 2.33 bits per heavy atom. The molecule has 0 aromatic heterocycles. The van der Waals surface area contributed by atoms with Crippen LogP contribution in [0.4, 0.5) is 0 Å². The lowest BCUT2D eigenvalue weighted by atomic mass is 10.1. The molecule has 0 aromatic carbocycles. The summed E-state index contributed by atoms with van der Waals surface area (Å²) in [5, 5.41) is 8.43. The van der Waals surface area contributed by atoms with Crippen LogP contribution in [0.15, 0.2) is 12.2 Å². The highest BCUT2D eigenvalue weighted by Gasteiger charge is 2.19. The third-order valence-electron chi connectivity index (χ3n) is 2.24. The van der Waals surface area contributed by atoms with Gasteiger partial charge in [-0.3, -0.25) is 4.90 Å². The van der Waals surface area contributed by atoms with E-state index in [2.05, 4.69) is 11.8 Å². The first-order valence-electron chi connectivity index (χ1n) is 4.39. The fraction of sp³-hybridized carbons (Fsp3) is 0.667. The molecule has 0 saturated carbocycles. The zero-order valence-electron chi connectivity index (χ0n) is 7.36. The fourth-order valence-corrected chi connectivity index (χ4v) is 1.38. The number of carboxylic acid groups (broad SMARTS) is 1. The maximum absolute atomic E-state index is 10.2. The molecule has 1 aliphatic rings. The number of hydrogen-bond acceptors (Lipinski definition) is 2. The molecular formula is C9H15NO2. The van der Waals surface area contributed by atoms with E-state index in [4.69, 9.17) is 5.11 Å². The highest BCUT2D eigenvalue weighted by molar-refractivity contribution is 5.79. The molecule has 68 valence electrons. The van der Waals surface area contributed by atoms with Crippen molar-refractivity contribution in [2.24, 2.45) is 0 Å². The Bertz CT molecular complexity index is 185. The van der Waals surface area contributed by atoms with Gasteiger partial charge in [-0.1, -0.05) is 13.0 Å². The topological polar surface area (TPSA) is 40.5 Å². The van der Waals surface area contributed by atoms with E-state index in [1.807, 2.05) is 0 Å². The quantitative estimate of drug-likeness (QED) is 0.641. The van der Waals surface area contributed by atoms with E-state index in [0.717, 1.165) is 19.5 Å². The molecule has 0 aliphatic carbocycles. The number of carboxylic acids is 1. The standard InChI is InChI=1S/C9H15NO2/c1-2-8(4-5-9(11)12)10-6-3-7-10/h4-5,8H,2-3,6-7H2,1H3,(H,11,12)/b5-4+. The van der Waals surface area contributed by atoms with E-state index in [1.165, 1.54) is 12.5 Å². The van der Waals surface area contributed by atoms with Gasteiger partial charge in [-0.05, 0) is 25.9 Å². The minimum absolute atomic E-state index is 0.329. The minimum Gasteiger partial charge on any atom is -0.478 e. The molecule has 12 heavy (non-hydrogen) atoms. The van der Waals surface area contributed by atoms with Crippen LogP contribution >= 0.6 is 0 Å². The van der Waals surface area contributed by atoms with Crippen molar-refractivity contribution in [3.63, 3.8) is 0 Å². The molecule has 3 heteroatoms. The Morgan fingerprint density at radius 1 is 1.67 bits per heavy atom. The third kappa shape index (κ3) is 2.34. The molecule has 1 rings (SSSR count). The average molecular weight is 169 g/mol. The lowest BCUT2D eigenvalue weighted by molar-refractivity contribution is -0.131. The van der Waals surface area contributed by atoms with Gasteiger partial charge in [0, 0.05) is 12.1 Å². The van der Waals surface area contributed by atoms with Crippen LogP contribution in [0.1, 0.15) is 19.8 Å². The summed E-state index contributed by atoms with van der Waals surface area (Å²) in [4.78, 5) is 12.5. The van der Waals surface area contributed by atoms with Crippen LogP contribution in [0.2, 0.25) is 0 Å². The van der Waals surface area contributed by atoms with E-state index in [0.29, 0.717) is 6.04 Å². The molecule has 0 aromatic rings. The Labute approximate surface area is 72.7 Å². The number of aliphatic carboxylic acids is 1. The number of nitrogens with zero attached hydrogens (tertiary/aromatic N) is 1. The van der Waals surface area contributed by atoms with Crippen LogP contribution in [0.3, 0.4) is 0 Å². The van der Waals surface area contributed by atoms with Crippen molar-refractivity contribution in [2.75, 3.05) is 13.1 Å². The van der Waals surface area contributed by atoms with Crippen molar-refractivity contribution in [2.45, 2.75) is 25.8 Å². The Balaban J connectivity index is 2.38. The molecule has 1 atom stereocenters. The number of rotatable bonds is 4. The number of likely N-dealkylation sites (tertiary alicyclic amines) is 1. The monoisotopic (exact) mass is 169 g/mol. The molecule has 0 radical (unpaired) electrons. The van der Waals surface area contributed by atoms with Crippen LogP contribution in [0.25, 0.3) is 0 Å². The van der Waals surface area contributed by atoms with Crippen LogP contribution in [0, 0.1) is 0 Å². The highest BCUT2D eigenvalue weighted by Crippen LogP contribution is 2.14. The van der Waals surface area contributed by atoms with Gasteiger partial charge in [0.1, 0.15) is 0 Å². The molecule has 1 unspecified atom stereocenters. The van der Waals surface area contributed by atoms with Crippen molar-refractivity contribution in [1.82, 2.24) is 4.90 Å². The molecule has 1 aliphatic heterocycles. The minimum atomic E-state index is -0.853. The summed E-state index contributed by atoms with van der Waals surface area (Å²) < 4.78 is 0. The zero-order valence-corrected chi connectivity index (χ0v) is 7.36. The summed E-state index contributed by atoms with van der Waals surface area (Å²) in [6, 6.07) is 0.329. The summed E-state index contributed by atoms with van der Waals surface area (Å²) in [6.45, 7) is 4.31. The van der Waals surface area contributed by atoms with E-state index in [9.17, 15) is 4.79 Å².